The molecule has 0 heterocycles. The van der Waals surface area contributed by atoms with E-state index in [0.29, 0.717) is 0 Å². The summed E-state index contributed by atoms with van der Waals surface area (Å²) in [6.45, 7) is 12.6. The van der Waals surface area contributed by atoms with Crippen LogP contribution in [0.1, 0.15) is 50.1 Å². The van der Waals surface area contributed by atoms with Crippen LogP contribution < -0.4 is 0 Å². The first kappa shape index (κ1) is 25.0. The van der Waals surface area contributed by atoms with E-state index in [1.54, 1.807) is 0 Å². The van der Waals surface area contributed by atoms with Gasteiger partial charge in [0.15, 0.2) is 0 Å². The molecule has 0 aliphatic rings. The number of hydrogen-bond acceptors (Lipinski definition) is 3. The summed E-state index contributed by atoms with van der Waals surface area (Å²) >= 11 is 0. The van der Waals surface area contributed by atoms with Crippen molar-refractivity contribution in [3.05, 3.63) is 123 Å². The molecule has 4 aromatic rings. The third-order valence-corrected chi connectivity index (χ3v) is 6.12. The summed E-state index contributed by atoms with van der Waals surface area (Å²) in [7, 11) is 0. The van der Waals surface area contributed by atoms with Crippen LogP contribution in [0.25, 0.3) is 0 Å². The zero-order valence-electron chi connectivity index (χ0n) is 22.0. The molecule has 180 valence electrons. The van der Waals surface area contributed by atoms with Gasteiger partial charge in [-0.15, -0.1) is 0 Å². The van der Waals surface area contributed by atoms with Crippen LogP contribution in [0.3, 0.4) is 0 Å². The van der Waals surface area contributed by atoms with E-state index >= 15 is 0 Å². The first-order chi connectivity index (χ1) is 17.3. The van der Waals surface area contributed by atoms with Crippen molar-refractivity contribution in [3.63, 3.8) is 0 Å². The number of hydrogen-bond donors (Lipinski definition) is 0. The van der Waals surface area contributed by atoms with Gasteiger partial charge in [0, 0.05) is 18.6 Å². The van der Waals surface area contributed by atoms with Gasteiger partial charge in [0.1, 0.15) is 0 Å². The Kier molecular flexibility index (Phi) is 7.70. The molecule has 0 unspecified atom stereocenters. The lowest BCUT2D eigenvalue weighted by molar-refractivity contribution is 1.35. The lowest BCUT2D eigenvalue weighted by Gasteiger charge is -2.05. The Hall–Kier alpha value is -4.11. The topological polar surface area (TPSA) is 37.1 Å². The molecular formula is C33H33N3. The molecule has 0 aliphatic carbocycles. The molecule has 0 saturated carbocycles. The first-order valence-electron chi connectivity index (χ1n) is 12.3. The molecule has 0 atom stereocenters. The second-order valence-electron chi connectivity index (χ2n) is 9.58. The van der Waals surface area contributed by atoms with Crippen molar-refractivity contribution in [2.45, 2.75) is 41.5 Å². The molecule has 4 aromatic carbocycles. The fraction of sp³-hybridized carbons (Fsp3) is 0.182. The SMILES string of the molecule is Cc1ccc(N=Cc2cc(C=Nc3ccc(C)cc3C)cc(C=Nc3ccc(C)cc3C)c2)c(C)c1. The Morgan fingerprint density at radius 3 is 0.917 bits per heavy atom. The second kappa shape index (κ2) is 11.1. The average molecular weight is 472 g/mol. The fourth-order valence-corrected chi connectivity index (χ4v) is 4.21. The van der Waals surface area contributed by atoms with E-state index in [0.717, 1.165) is 50.4 Å². The maximum absolute atomic E-state index is 4.77. The lowest BCUT2D eigenvalue weighted by Crippen LogP contribution is -1.92. The van der Waals surface area contributed by atoms with Gasteiger partial charge in [-0.3, -0.25) is 15.0 Å². The third kappa shape index (κ3) is 6.51. The molecule has 36 heavy (non-hydrogen) atoms. The molecule has 3 nitrogen and oxygen atoms in total. The summed E-state index contributed by atoms with van der Waals surface area (Å²) in [5.74, 6) is 0. The minimum atomic E-state index is 0.973. The Labute approximate surface area is 215 Å². The van der Waals surface area contributed by atoms with Crippen molar-refractivity contribution >= 4 is 35.7 Å². The minimum absolute atomic E-state index is 0.973. The van der Waals surface area contributed by atoms with Gasteiger partial charge >= 0.3 is 0 Å². The fourth-order valence-electron chi connectivity index (χ4n) is 4.21. The van der Waals surface area contributed by atoms with Crippen LogP contribution in [0.5, 0.6) is 0 Å². The normalized spacial score (nSPS) is 11.8. The molecule has 0 radical (unpaired) electrons. The van der Waals surface area contributed by atoms with Crippen LogP contribution in [-0.4, -0.2) is 18.6 Å². The van der Waals surface area contributed by atoms with Crippen LogP contribution in [0, 0.1) is 41.5 Å². The maximum Gasteiger partial charge on any atom is 0.0659 e. The first-order valence-corrected chi connectivity index (χ1v) is 12.3. The molecule has 0 bridgehead atoms. The van der Waals surface area contributed by atoms with Crippen LogP contribution in [0.15, 0.2) is 87.8 Å². The Balaban J connectivity index is 1.70. The van der Waals surface area contributed by atoms with Crippen molar-refractivity contribution in [1.29, 1.82) is 0 Å². The number of nitrogens with zero attached hydrogens (tertiary/aromatic N) is 3. The smallest absolute Gasteiger partial charge is 0.0659 e. The summed E-state index contributed by atoms with van der Waals surface area (Å²) in [5, 5.41) is 0. The number of rotatable bonds is 6. The van der Waals surface area contributed by atoms with Gasteiger partial charge in [-0.2, -0.15) is 0 Å². The molecule has 3 heteroatoms. The van der Waals surface area contributed by atoms with E-state index in [-0.39, 0.29) is 0 Å². The highest BCUT2D eigenvalue weighted by Gasteiger charge is 2.02. The van der Waals surface area contributed by atoms with E-state index in [9.17, 15) is 0 Å². The standard InChI is InChI=1S/C33H33N3/c1-22-7-10-31(25(4)13-22)34-19-28-16-29(20-35-32-11-8-23(2)14-26(32)5)18-30(17-28)21-36-33-12-9-24(3)15-27(33)6/h7-21H,1-6H3. The summed E-state index contributed by atoms with van der Waals surface area (Å²) in [5.41, 5.74) is 13.1. The quantitative estimate of drug-likeness (QED) is 0.252. The van der Waals surface area contributed by atoms with Gasteiger partial charge in [0.2, 0.25) is 0 Å². The average Bonchev–Trinajstić information content (AvgIpc) is 2.82. The van der Waals surface area contributed by atoms with Crippen molar-refractivity contribution in [3.8, 4) is 0 Å². The molecule has 0 aromatic heterocycles. The monoisotopic (exact) mass is 471 g/mol. The molecule has 4 rings (SSSR count). The van der Waals surface area contributed by atoms with Gasteiger partial charge in [0.05, 0.1) is 17.1 Å². The van der Waals surface area contributed by atoms with Crippen molar-refractivity contribution in [2.24, 2.45) is 15.0 Å². The molecule has 0 amide bonds. The zero-order chi connectivity index (χ0) is 25.7. The lowest BCUT2D eigenvalue weighted by atomic mass is 10.1. The minimum Gasteiger partial charge on any atom is -0.256 e. The predicted octanol–water partition coefficient (Wildman–Crippen LogP) is 8.79. The second-order valence-corrected chi connectivity index (χ2v) is 9.58. The number of aryl methyl sites for hydroxylation is 6. The summed E-state index contributed by atoms with van der Waals surface area (Å²) < 4.78 is 0. The van der Waals surface area contributed by atoms with Crippen molar-refractivity contribution < 1.29 is 0 Å². The Morgan fingerprint density at radius 2 is 0.667 bits per heavy atom. The largest absolute Gasteiger partial charge is 0.256 e. The van der Waals surface area contributed by atoms with E-state index in [1.165, 1.54) is 16.7 Å². The van der Waals surface area contributed by atoms with Crippen LogP contribution in [0.2, 0.25) is 0 Å². The summed E-state index contributed by atoms with van der Waals surface area (Å²) in [6, 6.07) is 25.3. The maximum atomic E-state index is 4.77. The Morgan fingerprint density at radius 1 is 0.389 bits per heavy atom. The number of aliphatic imine (C=N–C) groups is 3. The van der Waals surface area contributed by atoms with E-state index < -0.39 is 0 Å². The highest BCUT2D eigenvalue weighted by Crippen LogP contribution is 2.22. The molecule has 0 saturated heterocycles. The van der Waals surface area contributed by atoms with Gasteiger partial charge in [-0.1, -0.05) is 53.1 Å². The molecule has 0 aliphatic heterocycles. The molecular weight excluding hydrogens is 438 g/mol. The van der Waals surface area contributed by atoms with Crippen LogP contribution >= 0.6 is 0 Å². The highest BCUT2D eigenvalue weighted by molar-refractivity contribution is 5.93. The third-order valence-electron chi connectivity index (χ3n) is 6.12. The van der Waals surface area contributed by atoms with Crippen LogP contribution in [0.4, 0.5) is 17.1 Å². The molecule has 0 fully saturated rings. The molecule has 0 spiro atoms. The van der Waals surface area contributed by atoms with Gasteiger partial charge in [0.25, 0.3) is 0 Å². The molecule has 0 N–H and O–H groups in total. The van der Waals surface area contributed by atoms with Gasteiger partial charge in [-0.05, 0) is 111 Å². The summed E-state index contributed by atoms with van der Waals surface area (Å²) in [4.78, 5) is 14.3. The van der Waals surface area contributed by atoms with Crippen LogP contribution in [-0.2, 0) is 0 Å². The Bertz CT molecular complexity index is 1300. The van der Waals surface area contributed by atoms with E-state index in [1.807, 2.05) is 18.6 Å². The van der Waals surface area contributed by atoms with E-state index in [4.69, 9.17) is 15.0 Å². The summed E-state index contributed by atoms with van der Waals surface area (Å²) in [6.07, 6.45) is 5.75. The van der Waals surface area contributed by atoms with Crippen molar-refractivity contribution in [1.82, 2.24) is 0 Å². The van der Waals surface area contributed by atoms with Gasteiger partial charge in [-0.25, -0.2) is 0 Å². The van der Waals surface area contributed by atoms with E-state index in [2.05, 4.69) is 114 Å². The zero-order valence-corrected chi connectivity index (χ0v) is 22.0. The van der Waals surface area contributed by atoms with Crippen molar-refractivity contribution in [2.75, 3.05) is 0 Å². The number of benzene rings is 4. The predicted molar refractivity (Wildman–Crippen MR) is 156 cm³/mol. The van der Waals surface area contributed by atoms with Gasteiger partial charge < -0.3 is 0 Å². The highest BCUT2D eigenvalue weighted by atomic mass is 14.7.